The smallest absolute Gasteiger partial charge is 0.277 e. The molecule has 5 rings (SSSR count). The fourth-order valence-corrected chi connectivity index (χ4v) is 4.49. The molecule has 206 valence electrons. The minimum atomic E-state index is -4.69. The molecule has 1 aliphatic rings. The molecule has 14 heteroatoms. The summed E-state index contributed by atoms with van der Waals surface area (Å²) in [5.74, 6) is -0.323. The average Bonchev–Trinajstić information content (AvgIpc) is 3.19. The fourth-order valence-electron chi connectivity index (χ4n) is 4.49. The van der Waals surface area contributed by atoms with Crippen LogP contribution < -0.4 is 19.5 Å². The number of fused-ring (bicyclic) bond motifs is 1. The van der Waals surface area contributed by atoms with Crippen molar-refractivity contribution < 1.29 is 43.8 Å². The van der Waals surface area contributed by atoms with Crippen molar-refractivity contribution >= 4 is 10.9 Å². The number of aliphatic hydroxyl groups excluding tert-OH is 2. The zero-order valence-electron chi connectivity index (χ0n) is 20.5. The molecule has 0 spiro atoms. The van der Waals surface area contributed by atoms with Gasteiger partial charge in [0.15, 0.2) is 6.29 Å². The van der Waals surface area contributed by atoms with Crippen molar-refractivity contribution in [3.8, 4) is 11.1 Å². The third kappa shape index (κ3) is 7.81. The van der Waals surface area contributed by atoms with Gasteiger partial charge in [0.1, 0.15) is 17.9 Å². The monoisotopic (exact) mass is 559 g/mol. The van der Waals surface area contributed by atoms with Crippen molar-refractivity contribution in [3.05, 3.63) is 83.2 Å². The molecule has 0 amide bonds. The van der Waals surface area contributed by atoms with E-state index in [0.717, 1.165) is 23.1 Å². The number of aromatic nitrogens is 5. The van der Waals surface area contributed by atoms with Crippen LogP contribution in [0.25, 0.3) is 22.0 Å². The summed E-state index contributed by atoms with van der Waals surface area (Å²) < 4.78 is 39.7. The third-order valence-corrected chi connectivity index (χ3v) is 6.39. The number of benzene rings is 2. The van der Waals surface area contributed by atoms with Crippen LogP contribution in [0.3, 0.4) is 0 Å². The molecule has 1 aliphatic heterocycles. The predicted octanol–water partition coefficient (Wildman–Crippen LogP) is -2.16. The lowest BCUT2D eigenvalue weighted by Crippen LogP contribution is -2.58. The van der Waals surface area contributed by atoms with E-state index in [1.54, 1.807) is 30.6 Å². The highest BCUT2D eigenvalue weighted by molar-refractivity contribution is 5.76. The van der Waals surface area contributed by atoms with Crippen LogP contribution in [0, 0.1) is 16.2 Å². The van der Waals surface area contributed by atoms with Crippen molar-refractivity contribution in [1.82, 2.24) is 25.0 Å². The Morgan fingerprint density at radius 2 is 1.62 bits per heavy atom. The van der Waals surface area contributed by atoms with E-state index in [9.17, 15) is 15.0 Å². The van der Waals surface area contributed by atoms with Gasteiger partial charge in [0.25, 0.3) is 5.56 Å². The molecule has 13 nitrogen and oxygen atoms in total. The summed E-state index contributed by atoms with van der Waals surface area (Å²) in [5, 5.41) is 29.2. The Morgan fingerprint density at radius 3 is 2.31 bits per heavy atom. The van der Waals surface area contributed by atoms with Gasteiger partial charge in [-0.15, -0.1) is 5.10 Å². The Kier molecular flexibility index (Phi) is 9.27. The maximum Gasteiger partial charge on any atom is 0.277 e. The summed E-state index contributed by atoms with van der Waals surface area (Å²) in [6.07, 6.45) is 4.23. The van der Waals surface area contributed by atoms with Gasteiger partial charge in [-0.25, -0.2) is 14.6 Å². The van der Waals surface area contributed by atoms with Crippen molar-refractivity contribution in [3.63, 3.8) is 0 Å². The molecule has 3 heterocycles. The van der Waals surface area contributed by atoms with Crippen molar-refractivity contribution in [2.75, 3.05) is 0 Å². The zero-order chi connectivity index (χ0) is 28.0. The lowest BCUT2D eigenvalue weighted by molar-refractivity contribution is -1.92. The van der Waals surface area contributed by atoms with E-state index in [2.05, 4.69) is 20.3 Å². The number of ether oxygens (including phenoxy) is 1. The molecule has 4 aromatic rings. The largest absolute Gasteiger partial charge is 0.387 e. The van der Waals surface area contributed by atoms with Gasteiger partial charge in [0.05, 0.1) is 26.4 Å². The van der Waals surface area contributed by atoms with E-state index in [4.69, 9.17) is 23.4 Å². The molecule has 0 aliphatic carbocycles. The molecule has 3 N–H and O–H groups in total. The van der Waals surface area contributed by atoms with Crippen LogP contribution >= 0.6 is 0 Å². The quantitative estimate of drug-likeness (QED) is 0.221. The number of hydrogen-bond acceptors (Lipinski definition) is 12. The van der Waals surface area contributed by atoms with Crippen LogP contribution in [0.15, 0.2) is 72.0 Å². The van der Waals surface area contributed by atoms with Crippen LogP contribution in [0.2, 0.25) is 0 Å². The number of halogens is 1. The minimum absolute atomic E-state index is 0.222. The Hall–Kier alpha value is -3.40. The topological polar surface area (TPSA) is 213 Å². The molecular weight excluding hydrogens is 534 g/mol. The van der Waals surface area contributed by atoms with Gasteiger partial charge in [-0.05, 0) is 42.5 Å². The van der Waals surface area contributed by atoms with E-state index < -0.39 is 22.6 Å². The number of aryl methyl sites for hydroxylation is 2. The third-order valence-electron chi connectivity index (χ3n) is 6.39. The second-order valence-electron chi connectivity index (χ2n) is 8.90. The second-order valence-corrected chi connectivity index (χ2v) is 9.69. The molecule has 1 fully saturated rings. The molecule has 0 radical (unpaired) electrons. The van der Waals surface area contributed by atoms with Crippen LogP contribution in [0.4, 0.5) is 0 Å². The number of hydrogen-bond donors (Lipinski definition) is 3. The fraction of sp³-hybridized carbons (Fsp3) is 0.320. The van der Waals surface area contributed by atoms with Crippen LogP contribution in [-0.2, 0) is 17.7 Å². The highest BCUT2D eigenvalue weighted by atomic mass is 35.7. The number of aliphatic hydroxyl groups is 2. The average molecular weight is 560 g/mol. The Morgan fingerprint density at radius 1 is 0.949 bits per heavy atom. The number of nitrogens with zero attached hydrogens (tertiary/aromatic N) is 5. The van der Waals surface area contributed by atoms with E-state index in [1.807, 2.05) is 30.3 Å². The summed E-state index contributed by atoms with van der Waals surface area (Å²) in [6, 6.07) is 15.2. The Balaban J connectivity index is 0.000000648. The van der Waals surface area contributed by atoms with Crippen LogP contribution in [0.1, 0.15) is 18.4 Å². The molecule has 4 atom stereocenters. The van der Waals surface area contributed by atoms with Gasteiger partial charge in [-0.1, -0.05) is 41.6 Å². The van der Waals surface area contributed by atoms with Crippen molar-refractivity contribution in [1.29, 1.82) is 0 Å². The molecular formula is C25H26ClN5O8. The minimum Gasteiger partial charge on any atom is -0.387 e. The molecule has 39 heavy (non-hydrogen) atoms. The predicted molar refractivity (Wildman–Crippen MR) is 127 cm³/mol. The van der Waals surface area contributed by atoms with Crippen LogP contribution in [-0.4, -0.2) is 58.3 Å². The standard InChI is InChI=1S/C25H25N5O4.ClHO4/c31-23-20(11-12-30-24(32)19-3-1-2-4-21(19)28-29-30)22(34-25(23)33)10-7-16-5-8-17(9-6-16)18-13-26-15-27-14-18;2-1(3,4)5/h1-6,8-9,13-15,20,22-23,25,31,33H,7,10-12H2;(H,2,3,4,5)/t20-,22+,23-,25+;/m0./s1. The first-order valence-corrected chi connectivity index (χ1v) is 13.2. The first kappa shape index (κ1) is 28.6. The number of rotatable bonds is 7. The Bertz CT molecular complexity index is 1410. The first-order chi connectivity index (χ1) is 18.6. The zero-order valence-corrected chi connectivity index (χ0v) is 21.2. The molecule has 2 aromatic carbocycles. The Labute approximate surface area is 224 Å². The first-order valence-electron chi connectivity index (χ1n) is 11.9. The van der Waals surface area contributed by atoms with Crippen molar-refractivity contribution in [2.24, 2.45) is 5.92 Å². The normalized spacial score (nSPS) is 21.0. The maximum atomic E-state index is 12.7. The van der Waals surface area contributed by atoms with Crippen LogP contribution in [0.5, 0.6) is 0 Å². The summed E-state index contributed by atoms with van der Waals surface area (Å²) in [4.78, 5) is 20.8. The van der Waals surface area contributed by atoms with E-state index in [-0.39, 0.29) is 24.1 Å². The van der Waals surface area contributed by atoms with Gasteiger partial charge < -0.3 is 14.9 Å². The van der Waals surface area contributed by atoms with Crippen molar-refractivity contribution in [2.45, 2.75) is 44.3 Å². The molecule has 0 bridgehead atoms. The summed E-state index contributed by atoms with van der Waals surface area (Å²) in [6.45, 7) is 0.277. The molecule has 0 saturated carbocycles. The molecule has 0 unspecified atom stereocenters. The van der Waals surface area contributed by atoms with Gasteiger partial charge in [0, 0.05) is 30.4 Å². The van der Waals surface area contributed by atoms with E-state index >= 15 is 0 Å². The second kappa shape index (κ2) is 12.6. The summed E-state index contributed by atoms with van der Waals surface area (Å²) in [5.41, 5.74) is 3.43. The van der Waals surface area contributed by atoms with Gasteiger partial charge in [0.2, 0.25) is 0 Å². The summed E-state index contributed by atoms with van der Waals surface area (Å²) in [7, 11) is -4.69. The lowest BCUT2D eigenvalue weighted by atomic mass is 9.90. The SMILES string of the molecule is O=c1c2ccccc2nnn1CC[C@@H]1[C@H](O)[C@H](O)O[C@@H]1CCc1ccc(-c2cncnc2)cc1.[O-][Cl+3]([O-])([O-])O. The molecule has 1 saturated heterocycles. The van der Waals surface area contributed by atoms with E-state index in [0.29, 0.717) is 23.7 Å². The van der Waals surface area contributed by atoms with Gasteiger partial charge in [-0.2, -0.15) is 14.0 Å². The maximum absolute atomic E-state index is 12.7. The lowest BCUT2D eigenvalue weighted by Gasteiger charge is -2.20. The van der Waals surface area contributed by atoms with E-state index in [1.165, 1.54) is 11.0 Å². The highest BCUT2D eigenvalue weighted by Crippen LogP contribution is 2.32. The van der Waals surface area contributed by atoms with Gasteiger partial charge >= 0.3 is 0 Å². The summed E-state index contributed by atoms with van der Waals surface area (Å²) >= 11 is 0. The van der Waals surface area contributed by atoms with Gasteiger partial charge in [-0.3, -0.25) is 4.79 Å². The highest BCUT2D eigenvalue weighted by Gasteiger charge is 2.42. The molecule has 2 aromatic heterocycles.